The number of alkyl halides is 3. The Hall–Kier alpha value is -2.04. The Bertz CT molecular complexity index is 965. The molecule has 168 valence electrons. The Kier molecular flexibility index (Phi) is 4.21. The van der Waals surface area contributed by atoms with Crippen molar-refractivity contribution < 1.29 is 32.3 Å². The minimum atomic E-state index is -4.60. The van der Waals surface area contributed by atoms with Gasteiger partial charge in [-0.2, -0.15) is 13.2 Å². The third-order valence-electron chi connectivity index (χ3n) is 7.32. The molecule has 1 N–H and O–H groups in total. The summed E-state index contributed by atoms with van der Waals surface area (Å²) in [6.45, 7) is 2.11. The van der Waals surface area contributed by atoms with Gasteiger partial charge in [0.1, 0.15) is 11.2 Å². The number of fused-ring (bicyclic) bond motifs is 1. The first kappa shape index (κ1) is 20.8. The molecule has 1 amide bonds. The van der Waals surface area contributed by atoms with Gasteiger partial charge in [-0.15, -0.1) is 0 Å². The smallest absolute Gasteiger partial charge is 0.403 e. The van der Waals surface area contributed by atoms with Crippen molar-refractivity contribution in [3.63, 3.8) is 0 Å². The van der Waals surface area contributed by atoms with E-state index in [9.17, 15) is 32.3 Å². The van der Waals surface area contributed by atoms with Crippen molar-refractivity contribution in [3.8, 4) is 0 Å². The Morgan fingerprint density at radius 3 is 2.52 bits per heavy atom. The fourth-order valence-corrected chi connectivity index (χ4v) is 6.47. The highest BCUT2D eigenvalue weighted by molar-refractivity contribution is 8.15. The van der Waals surface area contributed by atoms with E-state index >= 15 is 0 Å². The SMILES string of the molecule is CC12CC(F)=CC(N3C[C@@H](C(=O)O)C4(CN(C(=O)C5(C(F)(F)F)CC5)C4)C3)=C1SC=N2. The molecular weight excluding hydrogens is 438 g/mol. The first-order chi connectivity index (χ1) is 14.4. The summed E-state index contributed by atoms with van der Waals surface area (Å²) < 4.78 is 54.4. The summed E-state index contributed by atoms with van der Waals surface area (Å²) in [6, 6.07) is 0. The van der Waals surface area contributed by atoms with Crippen molar-refractivity contribution in [3.05, 3.63) is 22.5 Å². The number of carboxylic acid groups (broad SMARTS) is 1. The van der Waals surface area contributed by atoms with E-state index in [4.69, 9.17) is 0 Å². The standard InChI is InChI=1S/C20H21F4N3O3S/c1-17-5-11(21)4-13(14(17)31-10-25-17)26-6-12(15(28)29)18(7-26)8-27(9-18)16(30)19(2-3-19)20(22,23)24/h4,10,12H,2-3,5-9H2,1H3,(H,28,29)/t12-,17?/m0/s1. The highest BCUT2D eigenvalue weighted by Gasteiger charge is 2.71. The van der Waals surface area contributed by atoms with Crippen molar-refractivity contribution in [2.75, 3.05) is 26.2 Å². The van der Waals surface area contributed by atoms with Crippen molar-refractivity contribution in [2.24, 2.45) is 21.7 Å². The predicted octanol–water partition coefficient (Wildman–Crippen LogP) is 3.18. The van der Waals surface area contributed by atoms with Crippen LogP contribution in [0.2, 0.25) is 0 Å². The van der Waals surface area contributed by atoms with Crippen LogP contribution in [0.3, 0.4) is 0 Å². The average Bonchev–Trinajstić information content (AvgIpc) is 3.22. The zero-order chi connectivity index (χ0) is 22.4. The number of carbonyl (C=O) groups is 2. The maximum atomic E-state index is 14.4. The Balaban J connectivity index is 1.39. The molecule has 0 aromatic heterocycles. The third-order valence-corrected chi connectivity index (χ3v) is 8.42. The lowest BCUT2D eigenvalue weighted by Crippen LogP contribution is -2.65. The van der Waals surface area contributed by atoms with Gasteiger partial charge in [-0.1, -0.05) is 11.8 Å². The lowest BCUT2D eigenvalue weighted by molar-refractivity contribution is -0.206. The van der Waals surface area contributed by atoms with E-state index in [1.807, 2.05) is 6.92 Å². The second-order valence-electron chi connectivity index (χ2n) is 9.48. The first-order valence-electron chi connectivity index (χ1n) is 10.1. The molecule has 0 aromatic carbocycles. The van der Waals surface area contributed by atoms with Crippen LogP contribution in [0, 0.1) is 16.7 Å². The van der Waals surface area contributed by atoms with E-state index in [-0.39, 0.29) is 51.3 Å². The maximum Gasteiger partial charge on any atom is 0.403 e. The number of amides is 1. The van der Waals surface area contributed by atoms with Gasteiger partial charge in [-0.05, 0) is 25.8 Å². The number of aliphatic imine (C=N–C) groups is 1. The lowest BCUT2D eigenvalue weighted by Gasteiger charge is -2.51. The Morgan fingerprint density at radius 2 is 1.94 bits per heavy atom. The molecule has 3 aliphatic heterocycles. The van der Waals surface area contributed by atoms with Gasteiger partial charge in [0.05, 0.1) is 22.7 Å². The highest BCUT2D eigenvalue weighted by atomic mass is 32.2. The molecule has 1 unspecified atom stereocenters. The molecule has 2 atom stereocenters. The molecule has 0 aromatic rings. The van der Waals surface area contributed by atoms with Gasteiger partial charge in [-0.3, -0.25) is 14.6 Å². The number of hydrogen-bond donors (Lipinski definition) is 1. The van der Waals surface area contributed by atoms with Crippen LogP contribution in [0.1, 0.15) is 26.2 Å². The third kappa shape index (κ3) is 2.87. The summed E-state index contributed by atoms with van der Waals surface area (Å²) in [7, 11) is 0. The van der Waals surface area contributed by atoms with Gasteiger partial charge in [0.2, 0.25) is 5.91 Å². The average molecular weight is 459 g/mol. The maximum absolute atomic E-state index is 14.4. The second-order valence-corrected chi connectivity index (χ2v) is 10.3. The molecule has 5 rings (SSSR count). The molecule has 3 fully saturated rings. The fraction of sp³-hybridized carbons (Fsp3) is 0.650. The highest BCUT2D eigenvalue weighted by Crippen LogP contribution is 2.60. The van der Waals surface area contributed by atoms with Crippen LogP contribution < -0.4 is 0 Å². The number of thioether (sulfide) groups is 1. The number of hydrogen-bond acceptors (Lipinski definition) is 5. The van der Waals surface area contributed by atoms with E-state index < -0.39 is 40.3 Å². The van der Waals surface area contributed by atoms with Crippen LogP contribution in [-0.2, 0) is 9.59 Å². The van der Waals surface area contributed by atoms with Crippen LogP contribution in [-0.4, -0.2) is 70.2 Å². The molecule has 3 heterocycles. The summed E-state index contributed by atoms with van der Waals surface area (Å²) >= 11 is 1.38. The number of allylic oxidation sites excluding steroid dienone is 1. The Labute approximate surface area is 180 Å². The molecule has 31 heavy (non-hydrogen) atoms. The summed E-state index contributed by atoms with van der Waals surface area (Å²) in [5, 5.41) is 9.80. The molecule has 2 aliphatic carbocycles. The van der Waals surface area contributed by atoms with Crippen LogP contribution in [0.4, 0.5) is 17.6 Å². The minimum absolute atomic E-state index is 0.0349. The van der Waals surface area contributed by atoms with Crippen LogP contribution in [0.15, 0.2) is 27.5 Å². The van der Waals surface area contributed by atoms with E-state index in [2.05, 4.69) is 4.99 Å². The number of likely N-dealkylation sites (tertiary alicyclic amines) is 2. The normalized spacial score (nSPS) is 32.8. The zero-order valence-electron chi connectivity index (χ0n) is 16.7. The minimum Gasteiger partial charge on any atom is -0.481 e. The number of halogens is 4. The van der Waals surface area contributed by atoms with Crippen LogP contribution in [0.25, 0.3) is 0 Å². The molecule has 1 spiro atoms. The van der Waals surface area contributed by atoms with Gasteiger partial charge in [0.25, 0.3) is 0 Å². The van der Waals surface area contributed by atoms with Gasteiger partial charge in [-0.25, -0.2) is 4.39 Å². The van der Waals surface area contributed by atoms with E-state index in [0.717, 1.165) is 9.81 Å². The molecule has 11 heteroatoms. The van der Waals surface area contributed by atoms with Gasteiger partial charge in [0, 0.05) is 42.9 Å². The van der Waals surface area contributed by atoms with Gasteiger partial charge < -0.3 is 14.9 Å². The molecule has 0 radical (unpaired) electrons. The zero-order valence-corrected chi connectivity index (χ0v) is 17.5. The molecule has 1 saturated carbocycles. The largest absolute Gasteiger partial charge is 0.481 e. The topological polar surface area (TPSA) is 73.2 Å². The van der Waals surface area contributed by atoms with Gasteiger partial charge >= 0.3 is 12.1 Å². The second kappa shape index (κ2) is 6.26. The molecular formula is C20H21F4N3O3S. The monoisotopic (exact) mass is 459 g/mol. The molecule has 2 saturated heterocycles. The number of rotatable bonds is 3. The summed E-state index contributed by atoms with van der Waals surface area (Å²) in [4.78, 5) is 32.7. The van der Waals surface area contributed by atoms with Crippen LogP contribution in [0.5, 0.6) is 0 Å². The van der Waals surface area contributed by atoms with E-state index in [0.29, 0.717) is 5.70 Å². The summed E-state index contributed by atoms with van der Waals surface area (Å²) in [5.41, 5.74) is -1.64. The summed E-state index contributed by atoms with van der Waals surface area (Å²) in [6.07, 6.45) is -3.49. The number of nitrogens with zero attached hydrogens (tertiary/aromatic N) is 3. The number of carbonyl (C=O) groups excluding carboxylic acids is 1. The van der Waals surface area contributed by atoms with Crippen molar-refractivity contribution in [1.29, 1.82) is 0 Å². The van der Waals surface area contributed by atoms with Crippen molar-refractivity contribution in [1.82, 2.24) is 9.80 Å². The molecule has 5 aliphatic rings. The van der Waals surface area contributed by atoms with Crippen LogP contribution >= 0.6 is 11.8 Å². The lowest BCUT2D eigenvalue weighted by atomic mass is 9.71. The molecule has 0 bridgehead atoms. The predicted molar refractivity (Wildman–Crippen MR) is 105 cm³/mol. The van der Waals surface area contributed by atoms with E-state index in [1.54, 1.807) is 10.4 Å². The first-order valence-corrected chi connectivity index (χ1v) is 10.9. The molecule has 6 nitrogen and oxygen atoms in total. The number of aliphatic carboxylic acids is 1. The van der Waals surface area contributed by atoms with E-state index in [1.165, 1.54) is 17.8 Å². The van der Waals surface area contributed by atoms with Gasteiger partial charge in [0.15, 0.2) is 0 Å². The van der Waals surface area contributed by atoms with Crippen molar-refractivity contribution >= 4 is 29.2 Å². The summed E-state index contributed by atoms with van der Waals surface area (Å²) in [5.74, 6) is -3.22. The van der Waals surface area contributed by atoms with Crippen molar-refractivity contribution in [2.45, 2.75) is 37.9 Å². The Morgan fingerprint density at radius 1 is 1.26 bits per heavy atom. The quantitative estimate of drug-likeness (QED) is 0.657. The fourth-order valence-electron chi connectivity index (χ4n) is 5.39. The number of carboxylic acids is 1.